The number of esters is 1. The van der Waals surface area contributed by atoms with E-state index >= 15 is 0 Å². The smallest absolute Gasteiger partial charge is 0.302 e. The predicted octanol–water partition coefficient (Wildman–Crippen LogP) is 3.54. The lowest BCUT2D eigenvalue weighted by molar-refractivity contribution is -0.140. The van der Waals surface area contributed by atoms with Gasteiger partial charge in [-0.05, 0) is 13.3 Å². The molecular formula is C15H36O4. The van der Waals surface area contributed by atoms with Crippen LogP contribution in [-0.2, 0) is 9.53 Å². The van der Waals surface area contributed by atoms with Gasteiger partial charge in [0.2, 0.25) is 0 Å². The van der Waals surface area contributed by atoms with E-state index in [-0.39, 0.29) is 5.97 Å². The Hall–Kier alpha value is -0.610. The highest BCUT2D eigenvalue weighted by atomic mass is 16.5. The van der Waals surface area contributed by atoms with E-state index in [1.54, 1.807) is 6.92 Å². The summed E-state index contributed by atoms with van der Waals surface area (Å²) in [6, 6.07) is 0. The minimum atomic E-state index is -0.211. The maximum Gasteiger partial charge on any atom is 0.302 e. The van der Waals surface area contributed by atoms with Gasteiger partial charge >= 0.3 is 5.97 Å². The normalized spacial score (nSPS) is 7.79. The van der Waals surface area contributed by atoms with Crippen LogP contribution in [0.1, 0.15) is 73.1 Å². The molecule has 0 bridgehead atoms. The molecule has 0 rings (SSSR count). The molecule has 0 heterocycles. The van der Waals surface area contributed by atoms with Crippen LogP contribution >= 0.6 is 0 Å². The van der Waals surface area contributed by atoms with Gasteiger partial charge in [0.05, 0.1) is 6.61 Å². The van der Waals surface area contributed by atoms with Gasteiger partial charge in [-0.15, -0.1) is 0 Å². The highest BCUT2D eigenvalue weighted by Crippen LogP contribution is 1.95. The Morgan fingerprint density at radius 3 is 1.32 bits per heavy atom. The molecule has 0 fully saturated rings. The number of ether oxygens (including phenoxy) is 1. The first-order chi connectivity index (χ1) is 9.10. The Bertz CT molecular complexity index is 121. The first-order valence-electron chi connectivity index (χ1n) is 7.29. The number of hydrogen-bond acceptors (Lipinski definition) is 4. The summed E-state index contributed by atoms with van der Waals surface area (Å²) in [7, 11) is 1.00. The molecule has 0 atom stereocenters. The summed E-state index contributed by atoms with van der Waals surface area (Å²) in [6.45, 7) is 10.5. The van der Waals surface area contributed by atoms with E-state index in [0.717, 1.165) is 20.0 Å². The molecule has 0 saturated heterocycles. The third-order valence-corrected chi connectivity index (χ3v) is 1.82. The molecule has 0 spiro atoms. The van der Waals surface area contributed by atoms with Crippen molar-refractivity contribution in [3.8, 4) is 0 Å². The Morgan fingerprint density at radius 2 is 1.26 bits per heavy atom. The fourth-order valence-electron chi connectivity index (χ4n) is 0.861. The third-order valence-electron chi connectivity index (χ3n) is 1.82. The number of aliphatic hydroxyl groups excluding tert-OH is 2. The zero-order chi connectivity index (χ0) is 15.9. The Morgan fingerprint density at radius 1 is 0.895 bits per heavy atom. The quantitative estimate of drug-likeness (QED) is 0.577. The Balaban J connectivity index is -0.0000000835. The van der Waals surface area contributed by atoms with Crippen LogP contribution in [0.25, 0.3) is 0 Å². The van der Waals surface area contributed by atoms with Crippen LogP contribution in [0.15, 0.2) is 0 Å². The molecular weight excluding hydrogens is 244 g/mol. The highest BCUT2D eigenvalue weighted by Gasteiger charge is 1.81. The molecule has 0 aliphatic carbocycles. The van der Waals surface area contributed by atoms with Crippen LogP contribution in [0.2, 0.25) is 0 Å². The van der Waals surface area contributed by atoms with Gasteiger partial charge in [0.15, 0.2) is 0 Å². The number of rotatable bonds is 6. The van der Waals surface area contributed by atoms with Gasteiger partial charge in [-0.2, -0.15) is 0 Å². The molecule has 4 nitrogen and oxygen atoms in total. The highest BCUT2D eigenvalue weighted by molar-refractivity contribution is 5.65. The Kier molecular flexibility index (Phi) is 50.9. The van der Waals surface area contributed by atoms with E-state index in [2.05, 4.69) is 25.5 Å². The van der Waals surface area contributed by atoms with Crippen LogP contribution < -0.4 is 0 Å². The van der Waals surface area contributed by atoms with Crippen molar-refractivity contribution in [2.45, 2.75) is 73.1 Å². The molecule has 0 unspecified atom stereocenters. The summed E-state index contributed by atoms with van der Waals surface area (Å²) in [5.41, 5.74) is 0. The van der Waals surface area contributed by atoms with Crippen molar-refractivity contribution >= 4 is 5.97 Å². The summed E-state index contributed by atoms with van der Waals surface area (Å²) in [4.78, 5) is 9.82. The van der Waals surface area contributed by atoms with Gasteiger partial charge < -0.3 is 14.9 Å². The lowest BCUT2D eigenvalue weighted by Crippen LogP contribution is -1.95. The summed E-state index contributed by atoms with van der Waals surface area (Å²) >= 11 is 0. The van der Waals surface area contributed by atoms with E-state index < -0.39 is 0 Å². The first-order valence-corrected chi connectivity index (χ1v) is 7.29. The standard InChI is InChI=1S/C6H14.C4H8O2.C4H10O.CH4O/c1-3-5-6-4-2;1-3-6-4(2)5;1-2-3-4-5;1-2/h3-6H2,1-2H3;3H2,1-2H3;5H,2-4H2,1H3;2H,1H3. The number of unbranched alkanes of at least 4 members (excludes halogenated alkanes) is 4. The molecule has 0 amide bonds. The van der Waals surface area contributed by atoms with E-state index in [1.807, 2.05) is 0 Å². The van der Waals surface area contributed by atoms with E-state index in [4.69, 9.17) is 10.2 Å². The van der Waals surface area contributed by atoms with Crippen LogP contribution in [-0.4, -0.2) is 36.5 Å². The summed E-state index contributed by atoms with van der Waals surface area (Å²) in [5.74, 6) is -0.211. The zero-order valence-corrected chi connectivity index (χ0v) is 13.9. The minimum absolute atomic E-state index is 0.211. The first kappa shape index (κ1) is 26.9. The van der Waals surface area contributed by atoms with Crippen LogP contribution in [0.3, 0.4) is 0 Å². The minimum Gasteiger partial charge on any atom is -0.466 e. The number of hydrogen-bond donors (Lipinski definition) is 2. The van der Waals surface area contributed by atoms with Gasteiger partial charge in [0, 0.05) is 20.6 Å². The second-order valence-electron chi connectivity index (χ2n) is 3.71. The number of carbonyl (C=O) groups excluding carboxylic acids is 1. The maximum absolute atomic E-state index is 9.82. The van der Waals surface area contributed by atoms with Crippen LogP contribution in [0.5, 0.6) is 0 Å². The van der Waals surface area contributed by atoms with E-state index in [9.17, 15) is 4.79 Å². The van der Waals surface area contributed by atoms with E-state index in [0.29, 0.717) is 13.2 Å². The lowest BCUT2D eigenvalue weighted by Gasteiger charge is -1.89. The van der Waals surface area contributed by atoms with Gasteiger partial charge in [0.25, 0.3) is 0 Å². The zero-order valence-electron chi connectivity index (χ0n) is 13.9. The van der Waals surface area contributed by atoms with Crippen LogP contribution in [0, 0.1) is 0 Å². The molecule has 0 saturated carbocycles. The Labute approximate surface area is 120 Å². The van der Waals surface area contributed by atoms with Crippen molar-refractivity contribution in [1.82, 2.24) is 0 Å². The van der Waals surface area contributed by atoms with Gasteiger partial charge in [-0.25, -0.2) is 0 Å². The third kappa shape index (κ3) is 75.4. The fourth-order valence-corrected chi connectivity index (χ4v) is 0.861. The second kappa shape index (κ2) is 36.0. The van der Waals surface area contributed by atoms with Crippen molar-refractivity contribution in [3.63, 3.8) is 0 Å². The maximum atomic E-state index is 9.82. The molecule has 0 aliphatic heterocycles. The molecule has 0 radical (unpaired) electrons. The topological polar surface area (TPSA) is 66.8 Å². The van der Waals surface area contributed by atoms with Gasteiger partial charge in [-0.3, -0.25) is 4.79 Å². The fraction of sp³-hybridized carbons (Fsp3) is 0.933. The number of carbonyl (C=O) groups is 1. The molecule has 120 valence electrons. The molecule has 19 heavy (non-hydrogen) atoms. The summed E-state index contributed by atoms with van der Waals surface area (Å²) in [5, 5.41) is 15.1. The molecule has 0 aromatic rings. The predicted molar refractivity (Wildman–Crippen MR) is 82.3 cm³/mol. The molecule has 0 aromatic heterocycles. The van der Waals surface area contributed by atoms with Crippen molar-refractivity contribution in [2.75, 3.05) is 20.3 Å². The van der Waals surface area contributed by atoms with E-state index in [1.165, 1.54) is 32.6 Å². The molecule has 0 aliphatic rings. The largest absolute Gasteiger partial charge is 0.466 e. The lowest BCUT2D eigenvalue weighted by atomic mass is 10.2. The molecule has 2 N–H and O–H groups in total. The molecule has 4 heteroatoms. The van der Waals surface area contributed by atoms with Crippen molar-refractivity contribution in [3.05, 3.63) is 0 Å². The summed E-state index contributed by atoms with van der Waals surface area (Å²) in [6.07, 6.45) is 7.57. The molecule has 0 aromatic carbocycles. The van der Waals surface area contributed by atoms with Crippen molar-refractivity contribution in [1.29, 1.82) is 0 Å². The average molecular weight is 280 g/mol. The summed E-state index contributed by atoms with van der Waals surface area (Å²) < 4.78 is 4.40. The monoisotopic (exact) mass is 280 g/mol. The van der Waals surface area contributed by atoms with Crippen molar-refractivity contribution < 1.29 is 19.7 Å². The SMILES string of the molecule is CCCCCC.CCCCO.CCOC(C)=O.CO. The van der Waals surface area contributed by atoms with Crippen molar-refractivity contribution in [2.24, 2.45) is 0 Å². The van der Waals surface area contributed by atoms with Gasteiger partial charge in [-0.1, -0.05) is 52.9 Å². The van der Waals surface area contributed by atoms with Gasteiger partial charge in [0.1, 0.15) is 0 Å². The number of aliphatic hydroxyl groups is 2. The average Bonchev–Trinajstić information content (AvgIpc) is 2.41. The van der Waals surface area contributed by atoms with Crippen LogP contribution in [0.4, 0.5) is 0 Å². The second-order valence-corrected chi connectivity index (χ2v) is 3.71.